The highest BCUT2D eigenvalue weighted by Crippen LogP contribution is 2.14. The third-order valence-electron chi connectivity index (χ3n) is 4.00. The Hall–Kier alpha value is -3.55. The zero-order chi connectivity index (χ0) is 18.3. The molecule has 0 bridgehead atoms. The van der Waals surface area contributed by atoms with Crippen LogP contribution in [0.15, 0.2) is 47.5 Å². The quantitative estimate of drug-likeness (QED) is 0.525. The van der Waals surface area contributed by atoms with Gasteiger partial charge in [0, 0.05) is 18.1 Å². The van der Waals surface area contributed by atoms with Crippen molar-refractivity contribution < 1.29 is 9.53 Å². The molecule has 3 aromatic heterocycles. The maximum absolute atomic E-state index is 12.9. The van der Waals surface area contributed by atoms with Crippen molar-refractivity contribution in [3.63, 3.8) is 0 Å². The van der Waals surface area contributed by atoms with Crippen molar-refractivity contribution in [2.45, 2.75) is 13.8 Å². The van der Waals surface area contributed by atoms with Gasteiger partial charge < -0.3 is 4.74 Å². The van der Waals surface area contributed by atoms with Crippen molar-refractivity contribution in [3.8, 4) is 5.69 Å². The number of carbonyl (C=O) groups is 1. The molecule has 0 atom stereocenters. The van der Waals surface area contributed by atoms with Gasteiger partial charge in [0.1, 0.15) is 5.82 Å². The lowest BCUT2D eigenvalue weighted by Crippen LogP contribution is -2.19. The maximum Gasteiger partial charge on any atom is 0.338 e. The highest BCUT2D eigenvalue weighted by Gasteiger charge is 2.11. The topological polar surface area (TPSA) is 91.4 Å². The van der Waals surface area contributed by atoms with Crippen molar-refractivity contribution in [2.24, 2.45) is 0 Å². The molecule has 3 heterocycles. The first kappa shape index (κ1) is 15.9. The molecule has 0 N–H and O–H groups in total. The Labute approximate surface area is 147 Å². The smallest absolute Gasteiger partial charge is 0.338 e. The van der Waals surface area contributed by atoms with Gasteiger partial charge in [0.25, 0.3) is 11.3 Å². The maximum atomic E-state index is 12.9. The lowest BCUT2D eigenvalue weighted by atomic mass is 10.2. The van der Waals surface area contributed by atoms with Gasteiger partial charge in [-0.15, -0.1) is 5.10 Å². The van der Waals surface area contributed by atoms with Gasteiger partial charge in [-0.1, -0.05) is 0 Å². The van der Waals surface area contributed by atoms with Gasteiger partial charge in [-0.3, -0.25) is 9.36 Å². The van der Waals surface area contributed by atoms with Crippen LogP contribution in [0.25, 0.3) is 22.4 Å². The summed E-state index contributed by atoms with van der Waals surface area (Å²) in [6.45, 7) is 3.84. The van der Waals surface area contributed by atoms with E-state index >= 15 is 0 Å². The molecule has 130 valence electrons. The van der Waals surface area contributed by atoms with Crippen LogP contribution in [-0.2, 0) is 4.74 Å². The number of pyridine rings is 1. The van der Waals surface area contributed by atoms with E-state index in [1.807, 2.05) is 0 Å². The van der Waals surface area contributed by atoms with Gasteiger partial charge in [0.05, 0.1) is 23.1 Å². The summed E-state index contributed by atoms with van der Waals surface area (Å²) in [5, 5.41) is 4.71. The lowest BCUT2D eigenvalue weighted by Gasteiger charge is -2.08. The van der Waals surface area contributed by atoms with Gasteiger partial charge in [-0.25, -0.2) is 9.78 Å². The Morgan fingerprint density at radius 3 is 2.69 bits per heavy atom. The number of carbonyl (C=O) groups excluding carboxylic acids is 1. The Morgan fingerprint density at radius 2 is 1.96 bits per heavy atom. The molecular weight excluding hydrogens is 334 g/mol. The third-order valence-corrected chi connectivity index (χ3v) is 4.00. The molecule has 0 fully saturated rings. The molecule has 8 heteroatoms. The number of aromatic nitrogens is 5. The number of hydrogen-bond donors (Lipinski definition) is 0. The molecule has 0 aliphatic heterocycles. The number of esters is 1. The predicted octanol–water partition coefficient (Wildman–Crippen LogP) is 1.91. The molecule has 4 rings (SSSR count). The lowest BCUT2D eigenvalue weighted by molar-refractivity contribution is 0.0526. The van der Waals surface area contributed by atoms with Crippen LogP contribution in [0.3, 0.4) is 0 Å². The Morgan fingerprint density at radius 1 is 1.19 bits per heavy atom. The van der Waals surface area contributed by atoms with Crippen LogP contribution in [0.5, 0.6) is 0 Å². The van der Waals surface area contributed by atoms with E-state index in [1.54, 1.807) is 54.9 Å². The van der Waals surface area contributed by atoms with E-state index in [9.17, 15) is 9.59 Å². The van der Waals surface area contributed by atoms with Crippen LogP contribution in [0.4, 0.5) is 0 Å². The van der Waals surface area contributed by atoms with Crippen LogP contribution < -0.4 is 5.56 Å². The van der Waals surface area contributed by atoms with Crippen molar-refractivity contribution in [2.75, 3.05) is 6.61 Å². The molecule has 26 heavy (non-hydrogen) atoms. The van der Waals surface area contributed by atoms with E-state index in [2.05, 4.69) is 15.1 Å². The second-order valence-corrected chi connectivity index (χ2v) is 5.69. The summed E-state index contributed by atoms with van der Waals surface area (Å²) in [6, 6.07) is 8.45. The largest absolute Gasteiger partial charge is 0.462 e. The van der Waals surface area contributed by atoms with Crippen molar-refractivity contribution >= 4 is 22.6 Å². The fourth-order valence-electron chi connectivity index (χ4n) is 2.80. The van der Waals surface area contributed by atoms with Gasteiger partial charge in [0.2, 0.25) is 0 Å². The molecule has 0 saturated heterocycles. The minimum atomic E-state index is -0.391. The van der Waals surface area contributed by atoms with Crippen molar-refractivity contribution in [3.05, 3.63) is 64.5 Å². The third kappa shape index (κ3) is 2.52. The van der Waals surface area contributed by atoms with Crippen LogP contribution >= 0.6 is 0 Å². The Kier molecular flexibility index (Phi) is 3.72. The first-order chi connectivity index (χ1) is 12.6. The second-order valence-electron chi connectivity index (χ2n) is 5.69. The number of fused-ring (bicyclic) bond motifs is 3. The van der Waals surface area contributed by atoms with Crippen LogP contribution in [0, 0.1) is 6.92 Å². The Bertz CT molecular complexity index is 1190. The van der Waals surface area contributed by atoms with Crippen LogP contribution in [-0.4, -0.2) is 36.7 Å². The number of aryl methyl sites for hydroxylation is 1. The molecule has 8 nitrogen and oxygen atoms in total. The van der Waals surface area contributed by atoms with Crippen LogP contribution in [0.1, 0.15) is 23.1 Å². The normalized spacial score (nSPS) is 11.2. The molecular formula is C18H15N5O3. The summed E-state index contributed by atoms with van der Waals surface area (Å²) in [7, 11) is 0. The van der Waals surface area contributed by atoms with Gasteiger partial charge in [-0.2, -0.15) is 9.50 Å². The fourth-order valence-corrected chi connectivity index (χ4v) is 2.80. The molecule has 0 aliphatic carbocycles. The van der Waals surface area contributed by atoms with Gasteiger partial charge in [0.15, 0.2) is 0 Å². The van der Waals surface area contributed by atoms with Gasteiger partial charge >= 0.3 is 5.97 Å². The average Bonchev–Trinajstić information content (AvgIpc) is 3.03. The summed E-state index contributed by atoms with van der Waals surface area (Å²) in [5.74, 6) is 0.646. The van der Waals surface area contributed by atoms with E-state index in [-0.39, 0.29) is 5.56 Å². The highest BCUT2D eigenvalue weighted by molar-refractivity contribution is 5.89. The first-order valence-electron chi connectivity index (χ1n) is 8.10. The van der Waals surface area contributed by atoms with E-state index in [0.717, 1.165) is 0 Å². The SMILES string of the molecule is CCOC(=O)c1ccc(-n2ccc3c(cnc4nc(C)nn43)c2=O)cc1. The average molecular weight is 349 g/mol. The summed E-state index contributed by atoms with van der Waals surface area (Å²) in [6.07, 6.45) is 3.17. The minimum absolute atomic E-state index is 0.228. The van der Waals surface area contributed by atoms with Crippen LogP contribution in [0.2, 0.25) is 0 Å². The first-order valence-corrected chi connectivity index (χ1v) is 8.10. The number of benzene rings is 1. The zero-order valence-electron chi connectivity index (χ0n) is 14.2. The zero-order valence-corrected chi connectivity index (χ0v) is 14.2. The molecule has 0 saturated carbocycles. The standard InChI is InChI=1S/C18H15N5O3/c1-3-26-17(25)12-4-6-13(7-5-12)22-9-8-15-14(16(22)24)10-19-18-20-11(2)21-23(15)18/h4-10H,3H2,1-2H3. The summed E-state index contributed by atoms with van der Waals surface area (Å²) in [5.41, 5.74) is 1.49. The van der Waals surface area contributed by atoms with Crippen molar-refractivity contribution in [1.29, 1.82) is 0 Å². The molecule has 0 unspecified atom stereocenters. The fraction of sp³-hybridized carbons (Fsp3) is 0.167. The molecule has 0 radical (unpaired) electrons. The summed E-state index contributed by atoms with van der Waals surface area (Å²) in [4.78, 5) is 33.0. The number of rotatable bonds is 3. The molecule has 0 spiro atoms. The number of ether oxygens (including phenoxy) is 1. The molecule has 4 aromatic rings. The second kappa shape index (κ2) is 6.07. The molecule has 1 aromatic carbocycles. The predicted molar refractivity (Wildman–Crippen MR) is 94.6 cm³/mol. The number of hydrogen-bond acceptors (Lipinski definition) is 6. The molecule has 0 aliphatic rings. The monoisotopic (exact) mass is 349 g/mol. The number of nitrogens with zero attached hydrogens (tertiary/aromatic N) is 5. The molecule has 0 amide bonds. The highest BCUT2D eigenvalue weighted by atomic mass is 16.5. The van der Waals surface area contributed by atoms with Gasteiger partial charge in [-0.05, 0) is 44.2 Å². The Balaban J connectivity index is 1.82. The van der Waals surface area contributed by atoms with E-state index in [0.29, 0.717) is 40.4 Å². The van der Waals surface area contributed by atoms with E-state index < -0.39 is 5.97 Å². The summed E-state index contributed by atoms with van der Waals surface area (Å²) >= 11 is 0. The van der Waals surface area contributed by atoms with E-state index in [4.69, 9.17) is 4.74 Å². The van der Waals surface area contributed by atoms with E-state index in [1.165, 1.54) is 10.8 Å². The summed E-state index contributed by atoms with van der Waals surface area (Å²) < 4.78 is 8.02. The minimum Gasteiger partial charge on any atom is -0.462 e. The van der Waals surface area contributed by atoms with Crippen molar-refractivity contribution in [1.82, 2.24) is 24.1 Å².